The van der Waals surface area contributed by atoms with Gasteiger partial charge >= 0.3 is 6.03 Å². The lowest BCUT2D eigenvalue weighted by molar-refractivity contribution is -0.135. The minimum atomic E-state index is -1.09. The SMILES string of the molecule is COc1cc(CNC(=O)CN2C(=O)N[C@]3(CCCc4ccccc43)C2=O)ccc1OCc1ccccc1. The minimum absolute atomic E-state index is 0.214. The monoisotopic (exact) mass is 499 g/mol. The van der Waals surface area contributed by atoms with Crippen molar-refractivity contribution < 1.29 is 23.9 Å². The van der Waals surface area contributed by atoms with E-state index in [2.05, 4.69) is 10.6 Å². The number of fused-ring (bicyclic) bond motifs is 2. The van der Waals surface area contributed by atoms with Gasteiger partial charge in [0.15, 0.2) is 11.5 Å². The number of nitrogens with zero attached hydrogens (tertiary/aromatic N) is 1. The maximum absolute atomic E-state index is 13.4. The fourth-order valence-corrected chi connectivity index (χ4v) is 5.03. The van der Waals surface area contributed by atoms with E-state index < -0.39 is 17.5 Å². The predicted octanol–water partition coefficient (Wildman–Crippen LogP) is 3.67. The summed E-state index contributed by atoms with van der Waals surface area (Å²) in [6, 6.07) is 22.4. The van der Waals surface area contributed by atoms with Gasteiger partial charge in [0.2, 0.25) is 5.91 Å². The molecule has 190 valence electrons. The van der Waals surface area contributed by atoms with E-state index >= 15 is 0 Å². The van der Waals surface area contributed by atoms with E-state index in [-0.39, 0.29) is 19.0 Å². The van der Waals surface area contributed by atoms with Gasteiger partial charge in [-0.1, -0.05) is 60.7 Å². The lowest BCUT2D eigenvalue weighted by Gasteiger charge is -2.33. The third kappa shape index (κ3) is 4.87. The summed E-state index contributed by atoms with van der Waals surface area (Å²) in [6.45, 7) is 0.279. The van der Waals surface area contributed by atoms with Gasteiger partial charge in [-0.2, -0.15) is 0 Å². The smallest absolute Gasteiger partial charge is 0.325 e. The van der Waals surface area contributed by atoms with Crippen LogP contribution in [0.3, 0.4) is 0 Å². The van der Waals surface area contributed by atoms with Crippen molar-refractivity contribution in [2.24, 2.45) is 0 Å². The Kier molecular flexibility index (Phi) is 6.81. The molecule has 8 nitrogen and oxygen atoms in total. The number of aryl methyl sites for hydroxylation is 1. The molecule has 0 bridgehead atoms. The summed E-state index contributed by atoms with van der Waals surface area (Å²) < 4.78 is 11.4. The van der Waals surface area contributed by atoms with Crippen LogP contribution in [0.25, 0.3) is 0 Å². The molecule has 1 fully saturated rings. The van der Waals surface area contributed by atoms with Crippen LogP contribution in [0.4, 0.5) is 4.79 Å². The second kappa shape index (κ2) is 10.3. The Morgan fingerprint density at radius 3 is 2.59 bits per heavy atom. The number of urea groups is 1. The van der Waals surface area contributed by atoms with Gasteiger partial charge in [-0.15, -0.1) is 0 Å². The van der Waals surface area contributed by atoms with Crippen LogP contribution in [0.2, 0.25) is 0 Å². The van der Waals surface area contributed by atoms with Crippen molar-refractivity contribution in [1.29, 1.82) is 0 Å². The lowest BCUT2D eigenvalue weighted by Crippen LogP contribution is -2.47. The van der Waals surface area contributed by atoms with Gasteiger partial charge in [0, 0.05) is 6.54 Å². The number of hydrogen-bond donors (Lipinski definition) is 2. The average molecular weight is 500 g/mol. The number of hydrogen-bond acceptors (Lipinski definition) is 5. The third-order valence-electron chi connectivity index (χ3n) is 6.91. The molecule has 1 atom stereocenters. The highest BCUT2D eigenvalue weighted by molar-refractivity contribution is 6.09. The van der Waals surface area contributed by atoms with E-state index in [9.17, 15) is 14.4 Å². The summed E-state index contributed by atoms with van der Waals surface area (Å²) in [5, 5.41) is 5.67. The first kappa shape index (κ1) is 24.4. The normalized spacial score (nSPS) is 18.4. The first-order valence-corrected chi connectivity index (χ1v) is 12.3. The standard InChI is InChI=1S/C29H29N3O5/c1-36-25-16-21(13-14-24(25)37-19-20-8-3-2-4-9-20)17-30-26(33)18-32-27(34)29(31-28(32)35)15-7-11-22-10-5-6-12-23(22)29/h2-6,8-10,12-14,16H,7,11,15,17-19H2,1H3,(H,30,33)(H,31,35)/t29-/m0/s1. The van der Waals surface area contributed by atoms with Crippen LogP contribution in [0.1, 0.15) is 35.1 Å². The van der Waals surface area contributed by atoms with Crippen LogP contribution in [0.15, 0.2) is 72.8 Å². The highest BCUT2D eigenvalue weighted by atomic mass is 16.5. The molecule has 4 amide bonds. The van der Waals surface area contributed by atoms with Crippen LogP contribution in [-0.2, 0) is 34.7 Å². The molecular formula is C29H29N3O5. The topological polar surface area (TPSA) is 97.0 Å². The number of carbonyl (C=O) groups is 3. The molecule has 0 aromatic heterocycles. The molecule has 0 saturated carbocycles. The van der Waals surface area contributed by atoms with Crippen molar-refractivity contribution in [1.82, 2.24) is 15.5 Å². The molecule has 1 heterocycles. The number of carbonyl (C=O) groups excluding carboxylic acids is 3. The molecule has 2 N–H and O–H groups in total. The van der Waals surface area contributed by atoms with E-state index in [1.54, 1.807) is 19.2 Å². The number of rotatable bonds is 8. The van der Waals surface area contributed by atoms with E-state index in [0.717, 1.165) is 40.0 Å². The lowest BCUT2D eigenvalue weighted by atomic mass is 9.76. The molecule has 0 unspecified atom stereocenters. The number of amides is 4. The first-order valence-electron chi connectivity index (χ1n) is 12.3. The Bertz CT molecular complexity index is 1330. The second-order valence-corrected chi connectivity index (χ2v) is 9.27. The van der Waals surface area contributed by atoms with Gasteiger partial charge in [-0.25, -0.2) is 4.79 Å². The quantitative estimate of drug-likeness (QED) is 0.461. The molecule has 1 spiro atoms. The Hall–Kier alpha value is -4.33. The minimum Gasteiger partial charge on any atom is -0.493 e. The molecule has 0 radical (unpaired) electrons. The summed E-state index contributed by atoms with van der Waals surface area (Å²) in [4.78, 5) is 39.9. The van der Waals surface area contributed by atoms with E-state index in [4.69, 9.17) is 9.47 Å². The van der Waals surface area contributed by atoms with Gasteiger partial charge < -0.3 is 20.1 Å². The van der Waals surface area contributed by atoms with Crippen molar-refractivity contribution in [3.8, 4) is 11.5 Å². The van der Waals surface area contributed by atoms with Crippen molar-refractivity contribution in [2.75, 3.05) is 13.7 Å². The molecule has 8 heteroatoms. The molecule has 1 aliphatic heterocycles. The van der Waals surface area contributed by atoms with Crippen LogP contribution < -0.4 is 20.1 Å². The summed E-state index contributed by atoms with van der Waals surface area (Å²) >= 11 is 0. The summed E-state index contributed by atoms with van der Waals surface area (Å²) in [6.07, 6.45) is 2.17. The Balaban J connectivity index is 1.20. The molecule has 2 aliphatic rings. The first-order chi connectivity index (χ1) is 18.0. The maximum Gasteiger partial charge on any atom is 0.325 e. The highest BCUT2D eigenvalue weighted by Crippen LogP contribution is 2.39. The fourth-order valence-electron chi connectivity index (χ4n) is 5.03. The van der Waals surface area contributed by atoms with Gasteiger partial charge in [0.1, 0.15) is 18.7 Å². The molecular weight excluding hydrogens is 470 g/mol. The molecule has 1 aliphatic carbocycles. The zero-order chi connectivity index (χ0) is 25.8. The Morgan fingerprint density at radius 1 is 1.00 bits per heavy atom. The van der Waals surface area contributed by atoms with Gasteiger partial charge in [-0.05, 0) is 53.6 Å². The summed E-state index contributed by atoms with van der Waals surface area (Å²) in [7, 11) is 1.56. The number of methoxy groups -OCH3 is 1. The Morgan fingerprint density at radius 2 is 1.78 bits per heavy atom. The zero-order valence-electron chi connectivity index (χ0n) is 20.7. The van der Waals surface area contributed by atoms with Crippen LogP contribution in [0.5, 0.6) is 11.5 Å². The largest absolute Gasteiger partial charge is 0.493 e. The predicted molar refractivity (Wildman–Crippen MR) is 137 cm³/mol. The van der Waals surface area contributed by atoms with Gasteiger partial charge in [-0.3, -0.25) is 14.5 Å². The molecule has 3 aromatic rings. The van der Waals surface area contributed by atoms with Crippen molar-refractivity contribution in [3.05, 3.63) is 95.1 Å². The zero-order valence-corrected chi connectivity index (χ0v) is 20.7. The second-order valence-electron chi connectivity index (χ2n) is 9.27. The number of ether oxygens (including phenoxy) is 2. The van der Waals surface area contributed by atoms with E-state index in [1.165, 1.54) is 0 Å². The average Bonchev–Trinajstić information content (AvgIpc) is 3.16. The molecule has 1 saturated heterocycles. The highest BCUT2D eigenvalue weighted by Gasteiger charge is 2.54. The van der Waals surface area contributed by atoms with Crippen LogP contribution >= 0.6 is 0 Å². The van der Waals surface area contributed by atoms with Crippen molar-refractivity contribution >= 4 is 17.8 Å². The molecule has 3 aromatic carbocycles. The van der Waals surface area contributed by atoms with Gasteiger partial charge in [0.05, 0.1) is 7.11 Å². The fraction of sp³-hybridized carbons (Fsp3) is 0.276. The van der Waals surface area contributed by atoms with Crippen LogP contribution in [-0.4, -0.2) is 36.4 Å². The third-order valence-corrected chi connectivity index (χ3v) is 6.91. The summed E-state index contributed by atoms with van der Waals surface area (Å²) in [5.74, 6) is 0.350. The van der Waals surface area contributed by atoms with E-state index in [1.807, 2.05) is 60.7 Å². The van der Waals surface area contributed by atoms with Crippen molar-refractivity contribution in [2.45, 2.75) is 38.0 Å². The van der Waals surface area contributed by atoms with Crippen molar-refractivity contribution in [3.63, 3.8) is 0 Å². The maximum atomic E-state index is 13.4. The molecule has 37 heavy (non-hydrogen) atoms. The number of nitrogens with one attached hydrogen (secondary N) is 2. The number of imide groups is 1. The summed E-state index contributed by atoms with van der Waals surface area (Å²) in [5.41, 5.74) is 2.63. The Labute approximate surface area is 215 Å². The number of benzene rings is 3. The van der Waals surface area contributed by atoms with Crippen LogP contribution in [0, 0.1) is 0 Å². The van der Waals surface area contributed by atoms with E-state index in [0.29, 0.717) is 24.5 Å². The molecule has 5 rings (SSSR count). The van der Waals surface area contributed by atoms with Gasteiger partial charge in [0.25, 0.3) is 5.91 Å².